The third-order valence-electron chi connectivity index (χ3n) is 4.18. The SMILES string of the molecule is CC1CCNCC1NS(=O)(=O)CCC1CCC1.Cl. The normalized spacial score (nSPS) is 29.4. The molecule has 1 saturated heterocycles. The maximum atomic E-state index is 11.9. The smallest absolute Gasteiger partial charge is 0.211 e. The van der Waals surface area contributed by atoms with Crippen LogP contribution in [0, 0.1) is 11.8 Å². The molecule has 108 valence electrons. The average molecular weight is 297 g/mol. The number of rotatable bonds is 5. The van der Waals surface area contributed by atoms with E-state index < -0.39 is 10.0 Å². The van der Waals surface area contributed by atoms with Crippen molar-refractivity contribution in [1.29, 1.82) is 0 Å². The Balaban J connectivity index is 0.00000162. The second kappa shape index (κ2) is 7.08. The van der Waals surface area contributed by atoms with Crippen LogP contribution in [0.1, 0.15) is 39.0 Å². The van der Waals surface area contributed by atoms with E-state index in [1.807, 2.05) is 0 Å². The second-order valence-corrected chi connectivity index (χ2v) is 7.47. The first-order valence-electron chi connectivity index (χ1n) is 6.77. The minimum Gasteiger partial charge on any atom is -0.315 e. The molecule has 0 aromatic rings. The summed E-state index contributed by atoms with van der Waals surface area (Å²) < 4.78 is 26.8. The Kier molecular flexibility index (Phi) is 6.38. The minimum absolute atomic E-state index is 0. The lowest BCUT2D eigenvalue weighted by molar-refractivity contribution is 0.304. The molecular formula is C12H25ClN2O2S. The molecule has 0 aromatic carbocycles. The van der Waals surface area contributed by atoms with Crippen LogP contribution in [0.2, 0.25) is 0 Å². The highest BCUT2D eigenvalue weighted by atomic mass is 35.5. The second-order valence-electron chi connectivity index (χ2n) is 5.60. The summed E-state index contributed by atoms with van der Waals surface area (Å²) in [6.45, 7) is 3.89. The molecular weight excluding hydrogens is 272 g/mol. The molecule has 0 aromatic heterocycles. The van der Waals surface area contributed by atoms with E-state index in [2.05, 4.69) is 17.0 Å². The molecule has 6 heteroatoms. The number of halogens is 1. The maximum absolute atomic E-state index is 11.9. The van der Waals surface area contributed by atoms with Crippen LogP contribution in [0.5, 0.6) is 0 Å². The molecule has 0 radical (unpaired) electrons. The summed E-state index contributed by atoms with van der Waals surface area (Å²) in [4.78, 5) is 0. The van der Waals surface area contributed by atoms with Crippen LogP contribution >= 0.6 is 12.4 Å². The fourth-order valence-corrected chi connectivity index (χ4v) is 4.08. The topological polar surface area (TPSA) is 58.2 Å². The summed E-state index contributed by atoms with van der Waals surface area (Å²) in [5.41, 5.74) is 0. The van der Waals surface area contributed by atoms with Crippen LogP contribution in [-0.2, 0) is 10.0 Å². The zero-order chi connectivity index (χ0) is 12.3. The monoisotopic (exact) mass is 296 g/mol. The Hall–Kier alpha value is 0.160. The lowest BCUT2D eigenvalue weighted by Crippen LogP contribution is -2.50. The molecule has 2 rings (SSSR count). The molecule has 2 N–H and O–H groups in total. The fourth-order valence-electron chi connectivity index (χ4n) is 2.54. The van der Waals surface area contributed by atoms with Crippen molar-refractivity contribution in [3.05, 3.63) is 0 Å². The van der Waals surface area contributed by atoms with Gasteiger partial charge in [-0.25, -0.2) is 13.1 Å². The maximum Gasteiger partial charge on any atom is 0.211 e. The van der Waals surface area contributed by atoms with E-state index >= 15 is 0 Å². The molecule has 1 saturated carbocycles. The molecule has 0 bridgehead atoms. The van der Waals surface area contributed by atoms with Crippen LogP contribution in [0.4, 0.5) is 0 Å². The predicted octanol–water partition coefficient (Wildman–Crippen LogP) is 1.52. The lowest BCUT2D eigenvalue weighted by Gasteiger charge is -2.30. The minimum atomic E-state index is -3.08. The van der Waals surface area contributed by atoms with Crippen molar-refractivity contribution in [1.82, 2.24) is 10.0 Å². The number of hydrogen-bond donors (Lipinski definition) is 2. The Bertz CT molecular complexity index is 344. The largest absolute Gasteiger partial charge is 0.315 e. The van der Waals surface area contributed by atoms with E-state index in [4.69, 9.17) is 0 Å². The van der Waals surface area contributed by atoms with Crippen molar-refractivity contribution in [3.63, 3.8) is 0 Å². The third kappa shape index (κ3) is 4.68. The van der Waals surface area contributed by atoms with E-state index in [0.29, 0.717) is 17.6 Å². The van der Waals surface area contributed by atoms with E-state index in [1.165, 1.54) is 19.3 Å². The van der Waals surface area contributed by atoms with Gasteiger partial charge in [-0.05, 0) is 31.2 Å². The zero-order valence-corrected chi connectivity index (χ0v) is 12.7. The predicted molar refractivity (Wildman–Crippen MR) is 76.6 cm³/mol. The molecule has 1 heterocycles. The van der Waals surface area contributed by atoms with E-state index in [-0.39, 0.29) is 18.4 Å². The Morgan fingerprint density at radius 2 is 2.00 bits per heavy atom. The van der Waals surface area contributed by atoms with E-state index in [1.54, 1.807) is 0 Å². The first-order valence-corrected chi connectivity index (χ1v) is 8.43. The van der Waals surface area contributed by atoms with Crippen molar-refractivity contribution in [3.8, 4) is 0 Å². The van der Waals surface area contributed by atoms with Crippen LogP contribution in [0.3, 0.4) is 0 Å². The quantitative estimate of drug-likeness (QED) is 0.809. The highest BCUT2D eigenvalue weighted by molar-refractivity contribution is 7.89. The van der Waals surface area contributed by atoms with Crippen molar-refractivity contribution in [2.75, 3.05) is 18.8 Å². The zero-order valence-electron chi connectivity index (χ0n) is 11.0. The highest BCUT2D eigenvalue weighted by Gasteiger charge is 2.27. The van der Waals surface area contributed by atoms with E-state index in [9.17, 15) is 8.42 Å². The molecule has 2 aliphatic rings. The lowest BCUT2D eigenvalue weighted by atomic mass is 9.84. The third-order valence-corrected chi connectivity index (χ3v) is 5.61. The van der Waals surface area contributed by atoms with Gasteiger partial charge in [-0.3, -0.25) is 0 Å². The molecule has 0 amide bonds. The van der Waals surface area contributed by atoms with Gasteiger partial charge in [0.2, 0.25) is 10.0 Å². The van der Waals surface area contributed by atoms with Gasteiger partial charge in [0.25, 0.3) is 0 Å². The summed E-state index contributed by atoms with van der Waals surface area (Å²) >= 11 is 0. The summed E-state index contributed by atoms with van der Waals surface area (Å²) in [5, 5.41) is 3.25. The summed E-state index contributed by atoms with van der Waals surface area (Å²) in [7, 11) is -3.08. The van der Waals surface area contributed by atoms with Gasteiger partial charge >= 0.3 is 0 Å². The summed E-state index contributed by atoms with van der Waals surface area (Å²) in [6.07, 6.45) is 5.61. The number of hydrogen-bond acceptors (Lipinski definition) is 3. The van der Waals surface area contributed by atoms with Crippen molar-refractivity contribution < 1.29 is 8.42 Å². The highest BCUT2D eigenvalue weighted by Crippen LogP contribution is 2.29. The summed E-state index contributed by atoms with van der Waals surface area (Å²) in [6, 6.07) is 0.0788. The number of piperidine rings is 1. The van der Waals surface area contributed by atoms with Gasteiger partial charge in [-0.2, -0.15) is 0 Å². The molecule has 1 aliphatic heterocycles. The number of nitrogens with one attached hydrogen (secondary N) is 2. The van der Waals surface area contributed by atoms with Crippen molar-refractivity contribution in [2.45, 2.75) is 45.1 Å². The molecule has 2 atom stereocenters. The number of sulfonamides is 1. The van der Waals surface area contributed by atoms with Crippen LogP contribution in [-0.4, -0.2) is 33.3 Å². The fraction of sp³-hybridized carbons (Fsp3) is 1.00. The van der Waals surface area contributed by atoms with Gasteiger partial charge in [0, 0.05) is 12.6 Å². The van der Waals surface area contributed by atoms with Gasteiger partial charge < -0.3 is 5.32 Å². The Morgan fingerprint density at radius 3 is 2.56 bits per heavy atom. The van der Waals surface area contributed by atoms with Gasteiger partial charge in [0.05, 0.1) is 5.75 Å². The van der Waals surface area contributed by atoms with Gasteiger partial charge in [0.15, 0.2) is 0 Å². The molecule has 2 unspecified atom stereocenters. The van der Waals surface area contributed by atoms with Gasteiger partial charge in [-0.15, -0.1) is 12.4 Å². The average Bonchev–Trinajstić information content (AvgIpc) is 2.18. The van der Waals surface area contributed by atoms with E-state index in [0.717, 1.165) is 25.9 Å². The van der Waals surface area contributed by atoms with Gasteiger partial charge in [-0.1, -0.05) is 26.2 Å². The standard InChI is InChI=1S/C12H24N2O2S.ClH/c1-10-5-7-13-9-12(10)14-17(15,16)8-6-11-3-2-4-11;/h10-14H,2-9H2,1H3;1H. The Labute approximate surface area is 117 Å². The molecule has 0 spiro atoms. The van der Waals surface area contributed by atoms with Crippen LogP contribution in [0.25, 0.3) is 0 Å². The van der Waals surface area contributed by atoms with Gasteiger partial charge in [0.1, 0.15) is 0 Å². The van der Waals surface area contributed by atoms with Crippen LogP contribution < -0.4 is 10.0 Å². The first kappa shape index (κ1) is 16.2. The van der Waals surface area contributed by atoms with Crippen molar-refractivity contribution in [2.24, 2.45) is 11.8 Å². The Morgan fingerprint density at radius 1 is 1.28 bits per heavy atom. The van der Waals surface area contributed by atoms with Crippen LogP contribution in [0.15, 0.2) is 0 Å². The molecule has 2 fully saturated rings. The first-order chi connectivity index (χ1) is 8.07. The van der Waals surface area contributed by atoms with Crippen molar-refractivity contribution >= 4 is 22.4 Å². The molecule has 18 heavy (non-hydrogen) atoms. The summed E-state index contributed by atoms with van der Waals surface area (Å²) in [5.74, 6) is 1.41. The molecule has 4 nitrogen and oxygen atoms in total. The molecule has 1 aliphatic carbocycles.